The second kappa shape index (κ2) is 6.75. The van der Waals surface area contributed by atoms with Crippen molar-refractivity contribution in [3.8, 4) is 0 Å². The minimum Gasteiger partial charge on any atom is -0.465 e. The van der Waals surface area contributed by atoms with E-state index in [1.54, 1.807) is 12.1 Å². The fraction of sp³-hybridized carbons (Fsp3) is 0.167. The number of nitrogens with zero attached hydrogens (tertiary/aromatic N) is 2. The maximum Gasteiger partial charge on any atom is 0.417 e. The number of rotatable bonds is 3. The first-order valence-electron chi connectivity index (χ1n) is 7.76. The molecule has 140 valence electrons. The number of halogens is 3. The fourth-order valence-corrected chi connectivity index (χ4v) is 2.64. The van der Waals surface area contributed by atoms with Crippen LogP contribution in [0.4, 0.5) is 18.9 Å². The first kappa shape index (κ1) is 18.4. The van der Waals surface area contributed by atoms with Crippen molar-refractivity contribution in [1.82, 2.24) is 9.38 Å². The van der Waals surface area contributed by atoms with Gasteiger partial charge < -0.3 is 10.1 Å². The van der Waals surface area contributed by atoms with Crippen molar-refractivity contribution in [2.75, 3.05) is 12.4 Å². The van der Waals surface area contributed by atoms with Crippen molar-refractivity contribution in [2.24, 2.45) is 0 Å². The third kappa shape index (κ3) is 3.62. The van der Waals surface area contributed by atoms with Gasteiger partial charge in [-0.3, -0.25) is 9.20 Å². The van der Waals surface area contributed by atoms with Gasteiger partial charge in [0.2, 0.25) is 0 Å². The SMILES string of the molecule is COC(=O)c1cccc(NC(=O)c2c(C)nc3ccc(C(F)(F)F)cn23)c1. The first-order chi connectivity index (χ1) is 12.7. The number of carbonyl (C=O) groups excluding carboxylic acids is 2. The Morgan fingerprint density at radius 1 is 1.19 bits per heavy atom. The lowest BCUT2D eigenvalue weighted by atomic mass is 10.2. The number of anilines is 1. The summed E-state index contributed by atoms with van der Waals surface area (Å²) in [5.41, 5.74) is 0.0902. The van der Waals surface area contributed by atoms with Gasteiger partial charge in [-0.25, -0.2) is 9.78 Å². The molecule has 1 N–H and O–H groups in total. The second-order valence-electron chi connectivity index (χ2n) is 5.72. The smallest absolute Gasteiger partial charge is 0.417 e. The number of methoxy groups -OCH3 is 1. The van der Waals surface area contributed by atoms with Gasteiger partial charge in [-0.15, -0.1) is 0 Å². The van der Waals surface area contributed by atoms with Gasteiger partial charge in [-0.2, -0.15) is 13.2 Å². The van der Waals surface area contributed by atoms with E-state index in [4.69, 9.17) is 0 Å². The van der Waals surface area contributed by atoms with Crippen molar-refractivity contribution in [2.45, 2.75) is 13.1 Å². The Labute approximate surface area is 151 Å². The van der Waals surface area contributed by atoms with Crippen molar-refractivity contribution >= 4 is 23.2 Å². The van der Waals surface area contributed by atoms with Crippen LogP contribution >= 0.6 is 0 Å². The van der Waals surface area contributed by atoms with E-state index in [1.165, 1.54) is 32.2 Å². The molecule has 3 rings (SSSR count). The van der Waals surface area contributed by atoms with Crippen molar-refractivity contribution < 1.29 is 27.5 Å². The monoisotopic (exact) mass is 377 g/mol. The van der Waals surface area contributed by atoms with Crippen LogP contribution in [0.25, 0.3) is 5.65 Å². The Bertz CT molecular complexity index is 1040. The van der Waals surface area contributed by atoms with E-state index in [1.807, 2.05) is 0 Å². The molecule has 2 heterocycles. The number of aromatic nitrogens is 2. The third-order valence-corrected chi connectivity index (χ3v) is 3.88. The molecule has 6 nitrogen and oxygen atoms in total. The van der Waals surface area contributed by atoms with Crippen molar-refractivity contribution in [3.63, 3.8) is 0 Å². The molecule has 1 amide bonds. The zero-order chi connectivity index (χ0) is 19.8. The standard InChI is InChI=1S/C18H14F3N3O3/c1-10-15(24-9-12(18(19,20)21)6-7-14(24)22-10)16(25)23-13-5-3-4-11(8-13)17(26)27-2/h3-9H,1-2H3,(H,23,25). The van der Waals surface area contributed by atoms with Crippen LogP contribution in [-0.4, -0.2) is 28.4 Å². The maximum atomic E-state index is 13.0. The lowest BCUT2D eigenvalue weighted by molar-refractivity contribution is -0.137. The van der Waals surface area contributed by atoms with E-state index in [-0.39, 0.29) is 22.6 Å². The molecule has 2 aromatic heterocycles. The lowest BCUT2D eigenvalue weighted by Gasteiger charge is -2.10. The van der Waals surface area contributed by atoms with E-state index < -0.39 is 23.6 Å². The average Bonchev–Trinajstić information content (AvgIpc) is 2.95. The van der Waals surface area contributed by atoms with Gasteiger partial charge in [-0.1, -0.05) is 6.07 Å². The summed E-state index contributed by atoms with van der Waals surface area (Å²) in [5.74, 6) is -1.23. The summed E-state index contributed by atoms with van der Waals surface area (Å²) in [6.07, 6.45) is -3.72. The zero-order valence-corrected chi connectivity index (χ0v) is 14.3. The summed E-state index contributed by atoms with van der Waals surface area (Å²) in [6.45, 7) is 1.53. The molecule has 0 bridgehead atoms. The molecule has 1 aromatic carbocycles. The molecule has 0 saturated heterocycles. The summed E-state index contributed by atoms with van der Waals surface area (Å²) >= 11 is 0. The zero-order valence-electron chi connectivity index (χ0n) is 14.3. The molecule has 0 unspecified atom stereocenters. The topological polar surface area (TPSA) is 72.7 Å². The van der Waals surface area contributed by atoms with Gasteiger partial charge in [0.15, 0.2) is 0 Å². The van der Waals surface area contributed by atoms with Crippen LogP contribution in [0.15, 0.2) is 42.6 Å². The molecule has 0 spiro atoms. The highest BCUT2D eigenvalue weighted by atomic mass is 19.4. The number of ether oxygens (including phenoxy) is 1. The number of alkyl halides is 3. The second-order valence-corrected chi connectivity index (χ2v) is 5.72. The van der Waals surface area contributed by atoms with Gasteiger partial charge in [0, 0.05) is 11.9 Å². The number of benzene rings is 1. The molecule has 0 radical (unpaired) electrons. The largest absolute Gasteiger partial charge is 0.465 e. The molecule has 27 heavy (non-hydrogen) atoms. The normalized spacial score (nSPS) is 11.4. The number of esters is 1. The molecule has 9 heteroatoms. The van der Waals surface area contributed by atoms with Gasteiger partial charge in [0.05, 0.1) is 23.9 Å². The van der Waals surface area contributed by atoms with E-state index in [2.05, 4.69) is 15.0 Å². The number of hydrogen-bond donors (Lipinski definition) is 1. The molecule has 3 aromatic rings. The average molecular weight is 377 g/mol. The van der Waals surface area contributed by atoms with Crippen LogP contribution in [0.5, 0.6) is 0 Å². The fourth-order valence-electron chi connectivity index (χ4n) is 2.64. The molecule has 0 fully saturated rings. The number of imidazole rings is 1. The van der Waals surface area contributed by atoms with Gasteiger partial charge >= 0.3 is 12.1 Å². The number of hydrogen-bond acceptors (Lipinski definition) is 4. The van der Waals surface area contributed by atoms with Crippen LogP contribution < -0.4 is 5.32 Å². The van der Waals surface area contributed by atoms with Crippen molar-refractivity contribution in [3.05, 3.63) is 65.1 Å². The Balaban J connectivity index is 1.98. The summed E-state index contributed by atoms with van der Waals surface area (Å²) in [7, 11) is 1.23. The highest BCUT2D eigenvalue weighted by molar-refractivity contribution is 6.05. The number of carbonyl (C=O) groups is 2. The van der Waals surface area contributed by atoms with Gasteiger partial charge in [0.25, 0.3) is 5.91 Å². The predicted octanol–water partition coefficient (Wildman–Crippen LogP) is 3.70. The Kier molecular flexibility index (Phi) is 4.61. The quantitative estimate of drug-likeness (QED) is 0.707. The van der Waals surface area contributed by atoms with E-state index in [0.29, 0.717) is 5.69 Å². The number of amides is 1. The Morgan fingerprint density at radius 3 is 2.59 bits per heavy atom. The first-order valence-corrected chi connectivity index (χ1v) is 7.76. The summed E-state index contributed by atoms with van der Waals surface area (Å²) in [6, 6.07) is 8.11. The van der Waals surface area contributed by atoms with Crippen LogP contribution in [0.2, 0.25) is 0 Å². The minimum atomic E-state index is -4.55. The van der Waals surface area contributed by atoms with E-state index in [9.17, 15) is 22.8 Å². The molecular formula is C18H14F3N3O3. The van der Waals surface area contributed by atoms with Crippen LogP contribution in [0.1, 0.15) is 32.1 Å². The molecule has 0 aliphatic rings. The number of pyridine rings is 1. The lowest BCUT2D eigenvalue weighted by Crippen LogP contribution is -2.17. The van der Waals surface area contributed by atoms with E-state index in [0.717, 1.165) is 16.7 Å². The number of fused-ring (bicyclic) bond motifs is 1. The molecule has 0 aliphatic heterocycles. The summed E-state index contributed by atoms with van der Waals surface area (Å²) < 4.78 is 44.6. The molecule has 0 atom stereocenters. The third-order valence-electron chi connectivity index (χ3n) is 3.88. The highest BCUT2D eigenvalue weighted by Crippen LogP contribution is 2.30. The van der Waals surface area contributed by atoms with Crippen LogP contribution in [0, 0.1) is 6.92 Å². The molecule has 0 saturated carbocycles. The van der Waals surface area contributed by atoms with Crippen LogP contribution in [0.3, 0.4) is 0 Å². The maximum absolute atomic E-state index is 13.0. The Morgan fingerprint density at radius 2 is 1.93 bits per heavy atom. The van der Waals surface area contributed by atoms with E-state index >= 15 is 0 Å². The van der Waals surface area contributed by atoms with Crippen molar-refractivity contribution in [1.29, 1.82) is 0 Å². The predicted molar refractivity (Wildman–Crippen MR) is 90.7 cm³/mol. The van der Waals surface area contributed by atoms with Crippen LogP contribution in [-0.2, 0) is 10.9 Å². The number of nitrogens with one attached hydrogen (secondary N) is 1. The Hall–Kier alpha value is -3.36. The van der Waals surface area contributed by atoms with Gasteiger partial charge in [-0.05, 0) is 37.3 Å². The molecular weight excluding hydrogens is 363 g/mol. The minimum absolute atomic E-state index is 0.0282. The molecule has 0 aliphatic carbocycles. The summed E-state index contributed by atoms with van der Waals surface area (Å²) in [5, 5.41) is 2.57. The summed E-state index contributed by atoms with van der Waals surface area (Å²) in [4.78, 5) is 28.4. The highest BCUT2D eigenvalue weighted by Gasteiger charge is 2.31. The van der Waals surface area contributed by atoms with Gasteiger partial charge in [0.1, 0.15) is 11.3 Å². The number of aryl methyl sites for hydroxylation is 1.